The maximum atomic E-state index is 4.21. The van der Waals surface area contributed by atoms with E-state index in [0.717, 1.165) is 17.8 Å². The number of nitrogens with zero attached hydrogens (tertiary/aromatic N) is 2. The molecule has 0 saturated carbocycles. The van der Waals surface area contributed by atoms with Crippen molar-refractivity contribution in [1.29, 1.82) is 0 Å². The molecule has 2 nitrogen and oxygen atoms in total. The quantitative estimate of drug-likeness (QED) is 0.599. The van der Waals surface area contributed by atoms with E-state index in [0.29, 0.717) is 0 Å². The highest BCUT2D eigenvalue weighted by Crippen LogP contribution is 1.98. The average molecular weight is 148 g/mol. The van der Waals surface area contributed by atoms with Crippen LogP contribution in [-0.2, 0) is 6.54 Å². The summed E-state index contributed by atoms with van der Waals surface area (Å²) in [5.74, 6) is 0. The van der Waals surface area contributed by atoms with E-state index in [1.54, 1.807) is 6.08 Å². The highest BCUT2D eigenvalue weighted by molar-refractivity contribution is 5.11. The van der Waals surface area contributed by atoms with Gasteiger partial charge in [-0.25, -0.2) is 0 Å². The molecule has 2 heteroatoms. The molecule has 58 valence electrons. The van der Waals surface area contributed by atoms with Crippen LogP contribution in [-0.4, -0.2) is 9.78 Å². The third-order valence-electron chi connectivity index (χ3n) is 1.43. The van der Waals surface area contributed by atoms with E-state index in [9.17, 15) is 0 Å². The van der Waals surface area contributed by atoms with Gasteiger partial charge in [0, 0.05) is 6.20 Å². The Morgan fingerprint density at radius 3 is 3.00 bits per heavy atom. The van der Waals surface area contributed by atoms with Crippen LogP contribution in [0.3, 0.4) is 0 Å². The molecular formula is C9H12N2. The van der Waals surface area contributed by atoms with Crippen LogP contribution in [0.5, 0.6) is 0 Å². The van der Waals surface area contributed by atoms with Gasteiger partial charge in [-0.2, -0.15) is 5.10 Å². The van der Waals surface area contributed by atoms with E-state index >= 15 is 0 Å². The summed E-state index contributed by atoms with van der Waals surface area (Å²) < 4.78 is 1.85. The van der Waals surface area contributed by atoms with Gasteiger partial charge in [0.2, 0.25) is 0 Å². The molecule has 0 unspecified atom stereocenters. The van der Waals surface area contributed by atoms with Crippen molar-refractivity contribution in [2.75, 3.05) is 0 Å². The summed E-state index contributed by atoms with van der Waals surface area (Å²) in [6.45, 7) is 10.1. The molecule has 0 aliphatic carbocycles. The molecule has 0 bridgehead atoms. The first-order chi connectivity index (χ1) is 5.22. The van der Waals surface area contributed by atoms with Gasteiger partial charge >= 0.3 is 0 Å². The first kappa shape index (κ1) is 7.79. The van der Waals surface area contributed by atoms with Gasteiger partial charge in [-0.3, -0.25) is 4.68 Å². The van der Waals surface area contributed by atoms with E-state index in [1.807, 2.05) is 23.9 Å². The van der Waals surface area contributed by atoms with E-state index in [2.05, 4.69) is 18.3 Å². The minimum atomic E-state index is 0.733. The molecule has 0 atom stereocenters. The molecule has 0 saturated heterocycles. The normalized spacial score (nSPS) is 9.55. The third kappa shape index (κ3) is 2.08. The Morgan fingerprint density at radius 2 is 2.55 bits per heavy atom. The summed E-state index contributed by atoms with van der Waals surface area (Å²) >= 11 is 0. The molecule has 1 aromatic heterocycles. The molecule has 0 radical (unpaired) electrons. The van der Waals surface area contributed by atoms with Gasteiger partial charge in [-0.1, -0.05) is 19.2 Å². The Hall–Kier alpha value is -1.31. The Balaban J connectivity index is 2.64. The van der Waals surface area contributed by atoms with Gasteiger partial charge < -0.3 is 0 Å². The monoisotopic (exact) mass is 148 g/mol. The number of hydrogen-bond acceptors (Lipinski definition) is 1. The Labute approximate surface area is 66.8 Å². The molecule has 0 spiro atoms. The summed E-state index contributed by atoms with van der Waals surface area (Å²) in [7, 11) is 0. The predicted octanol–water partition coefficient (Wildman–Crippen LogP) is 1.93. The van der Waals surface area contributed by atoms with Crippen LogP contribution < -0.4 is 0 Å². The fourth-order valence-electron chi connectivity index (χ4n) is 0.824. The van der Waals surface area contributed by atoms with Crippen LogP contribution >= 0.6 is 0 Å². The SMILES string of the molecule is C=CC(=C)Cn1ccc(C)n1. The molecule has 0 amide bonds. The van der Waals surface area contributed by atoms with Gasteiger partial charge in [0.05, 0.1) is 12.2 Å². The Bertz CT molecular complexity index is 271. The van der Waals surface area contributed by atoms with Crippen molar-refractivity contribution in [2.45, 2.75) is 13.5 Å². The Morgan fingerprint density at radius 1 is 1.82 bits per heavy atom. The van der Waals surface area contributed by atoms with Crippen LogP contribution in [0.4, 0.5) is 0 Å². The van der Waals surface area contributed by atoms with Crippen LogP contribution in [0.25, 0.3) is 0 Å². The lowest BCUT2D eigenvalue weighted by Crippen LogP contribution is -1.99. The highest BCUT2D eigenvalue weighted by atomic mass is 15.3. The first-order valence-corrected chi connectivity index (χ1v) is 3.52. The van der Waals surface area contributed by atoms with Crippen molar-refractivity contribution < 1.29 is 0 Å². The minimum Gasteiger partial charge on any atom is -0.268 e. The lowest BCUT2D eigenvalue weighted by Gasteiger charge is -1.98. The number of aromatic nitrogens is 2. The van der Waals surface area contributed by atoms with Crippen molar-refractivity contribution in [3.63, 3.8) is 0 Å². The lowest BCUT2D eigenvalue weighted by molar-refractivity contribution is 0.680. The second-order valence-electron chi connectivity index (χ2n) is 2.52. The third-order valence-corrected chi connectivity index (χ3v) is 1.43. The zero-order valence-electron chi connectivity index (χ0n) is 6.75. The van der Waals surface area contributed by atoms with Crippen LogP contribution in [0.1, 0.15) is 5.69 Å². The number of hydrogen-bond donors (Lipinski definition) is 0. The van der Waals surface area contributed by atoms with Crippen molar-refractivity contribution in [1.82, 2.24) is 9.78 Å². The van der Waals surface area contributed by atoms with Crippen molar-refractivity contribution in [3.05, 3.63) is 42.8 Å². The van der Waals surface area contributed by atoms with Gasteiger partial charge in [0.25, 0.3) is 0 Å². The fourth-order valence-corrected chi connectivity index (χ4v) is 0.824. The van der Waals surface area contributed by atoms with Gasteiger partial charge in [-0.15, -0.1) is 0 Å². The van der Waals surface area contributed by atoms with Crippen molar-refractivity contribution in [2.24, 2.45) is 0 Å². The summed E-state index contributed by atoms with van der Waals surface area (Å²) in [5.41, 5.74) is 2.01. The topological polar surface area (TPSA) is 17.8 Å². The largest absolute Gasteiger partial charge is 0.268 e. The molecule has 0 aliphatic rings. The van der Waals surface area contributed by atoms with Gasteiger partial charge in [0.15, 0.2) is 0 Å². The summed E-state index contributed by atoms with van der Waals surface area (Å²) in [6, 6.07) is 1.97. The molecule has 1 heterocycles. The highest BCUT2D eigenvalue weighted by Gasteiger charge is 1.93. The molecular weight excluding hydrogens is 136 g/mol. The van der Waals surface area contributed by atoms with E-state index < -0.39 is 0 Å². The second kappa shape index (κ2) is 3.19. The summed E-state index contributed by atoms with van der Waals surface area (Å²) in [5, 5.41) is 4.21. The number of rotatable bonds is 3. The maximum Gasteiger partial charge on any atom is 0.0653 e. The van der Waals surface area contributed by atoms with Crippen LogP contribution in [0.2, 0.25) is 0 Å². The standard InChI is InChI=1S/C9H12N2/c1-4-8(2)7-11-6-5-9(3)10-11/h4-6H,1-2,7H2,3H3. The van der Waals surface area contributed by atoms with Gasteiger partial charge in [0.1, 0.15) is 0 Å². The fraction of sp³-hybridized carbons (Fsp3) is 0.222. The Kier molecular flexibility index (Phi) is 2.26. The smallest absolute Gasteiger partial charge is 0.0653 e. The van der Waals surface area contributed by atoms with E-state index in [1.165, 1.54) is 0 Å². The minimum absolute atomic E-state index is 0.733. The summed E-state index contributed by atoms with van der Waals surface area (Å²) in [6.07, 6.45) is 3.68. The first-order valence-electron chi connectivity index (χ1n) is 3.52. The molecule has 11 heavy (non-hydrogen) atoms. The molecule has 0 aliphatic heterocycles. The van der Waals surface area contributed by atoms with E-state index in [4.69, 9.17) is 0 Å². The number of aryl methyl sites for hydroxylation is 1. The molecule has 1 rings (SSSR count). The van der Waals surface area contributed by atoms with E-state index in [-0.39, 0.29) is 0 Å². The molecule has 1 aromatic rings. The van der Waals surface area contributed by atoms with Crippen molar-refractivity contribution >= 4 is 0 Å². The average Bonchev–Trinajstić information content (AvgIpc) is 2.35. The van der Waals surface area contributed by atoms with Crippen molar-refractivity contribution in [3.8, 4) is 0 Å². The molecule has 0 fully saturated rings. The second-order valence-corrected chi connectivity index (χ2v) is 2.52. The summed E-state index contributed by atoms with van der Waals surface area (Å²) in [4.78, 5) is 0. The zero-order chi connectivity index (χ0) is 8.27. The molecule has 0 N–H and O–H groups in total. The molecule has 0 aromatic carbocycles. The maximum absolute atomic E-state index is 4.21. The van der Waals surface area contributed by atoms with Gasteiger partial charge in [-0.05, 0) is 18.6 Å². The zero-order valence-corrected chi connectivity index (χ0v) is 6.75. The predicted molar refractivity (Wildman–Crippen MR) is 46.3 cm³/mol. The lowest BCUT2D eigenvalue weighted by atomic mass is 10.3. The van der Waals surface area contributed by atoms with Crippen LogP contribution in [0.15, 0.2) is 37.1 Å². The van der Waals surface area contributed by atoms with Crippen LogP contribution in [0, 0.1) is 6.92 Å². The number of allylic oxidation sites excluding steroid dienone is 2.